The monoisotopic (exact) mass is 414 g/mol. The molecule has 7 heteroatoms. The van der Waals surface area contributed by atoms with E-state index in [0.717, 1.165) is 11.1 Å². The molecule has 2 fully saturated rings. The number of amides is 2. The molecule has 0 aromatic heterocycles. The molecule has 1 spiro atoms. The molecular formula is C23H30N2O5. The maximum Gasteiger partial charge on any atom is 0.227 e. The van der Waals surface area contributed by atoms with Crippen LogP contribution in [0.5, 0.6) is 5.75 Å². The van der Waals surface area contributed by atoms with Crippen molar-refractivity contribution < 1.29 is 23.9 Å². The first-order valence-electron chi connectivity index (χ1n) is 10.7. The van der Waals surface area contributed by atoms with Crippen LogP contribution in [0.15, 0.2) is 12.1 Å². The Kier molecular flexibility index (Phi) is 5.57. The molecule has 0 saturated carbocycles. The number of rotatable bonds is 4. The van der Waals surface area contributed by atoms with Gasteiger partial charge in [-0.3, -0.25) is 14.4 Å². The third-order valence-electron chi connectivity index (χ3n) is 6.64. The molecule has 3 heterocycles. The Morgan fingerprint density at radius 1 is 1.23 bits per heavy atom. The van der Waals surface area contributed by atoms with E-state index in [9.17, 15) is 14.4 Å². The highest BCUT2D eigenvalue weighted by atomic mass is 16.5. The summed E-state index contributed by atoms with van der Waals surface area (Å²) >= 11 is 0. The summed E-state index contributed by atoms with van der Waals surface area (Å²) in [5, 5.41) is 0. The zero-order valence-electron chi connectivity index (χ0n) is 18.0. The number of ketones is 1. The SMILES string of the molecule is COCCN1CC(C(=O)N2CCC3(CC2)CC(=O)c2cc(C)cc(C)c2O3)CC1=O. The molecule has 1 aromatic carbocycles. The van der Waals surface area contributed by atoms with E-state index in [1.807, 2.05) is 30.9 Å². The van der Waals surface area contributed by atoms with Crippen LogP contribution in [0.25, 0.3) is 0 Å². The van der Waals surface area contributed by atoms with Crippen LogP contribution in [0.4, 0.5) is 0 Å². The summed E-state index contributed by atoms with van der Waals surface area (Å²) in [4.78, 5) is 41.6. The van der Waals surface area contributed by atoms with Crippen molar-refractivity contribution in [2.45, 2.75) is 45.1 Å². The molecule has 0 N–H and O–H groups in total. The van der Waals surface area contributed by atoms with Gasteiger partial charge in [-0.1, -0.05) is 6.07 Å². The number of likely N-dealkylation sites (tertiary alicyclic amines) is 2. The van der Waals surface area contributed by atoms with Gasteiger partial charge in [-0.15, -0.1) is 0 Å². The van der Waals surface area contributed by atoms with E-state index in [1.165, 1.54) is 0 Å². The molecule has 0 bridgehead atoms. The van der Waals surface area contributed by atoms with Gasteiger partial charge in [0, 0.05) is 52.6 Å². The van der Waals surface area contributed by atoms with Crippen LogP contribution in [-0.4, -0.2) is 72.9 Å². The number of benzene rings is 1. The number of Topliss-reactive ketones (excluding diaryl/α,β-unsaturated/α-hetero) is 1. The van der Waals surface area contributed by atoms with Gasteiger partial charge in [0.05, 0.1) is 24.5 Å². The van der Waals surface area contributed by atoms with Gasteiger partial charge in [-0.25, -0.2) is 0 Å². The molecule has 2 saturated heterocycles. The van der Waals surface area contributed by atoms with E-state index in [2.05, 4.69) is 0 Å². The first-order chi connectivity index (χ1) is 14.3. The highest BCUT2D eigenvalue weighted by molar-refractivity contribution is 6.01. The zero-order valence-corrected chi connectivity index (χ0v) is 18.0. The van der Waals surface area contributed by atoms with Crippen LogP contribution in [0.1, 0.15) is 47.2 Å². The fourth-order valence-electron chi connectivity index (χ4n) is 4.96. The smallest absolute Gasteiger partial charge is 0.227 e. The van der Waals surface area contributed by atoms with Crippen LogP contribution in [-0.2, 0) is 14.3 Å². The largest absolute Gasteiger partial charge is 0.486 e. The molecule has 3 aliphatic heterocycles. The molecule has 162 valence electrons. The number of fused-ring (bicyclic) bond motifs is 1. The third-order valence-corrected chi connectivity index (χ3v) is 6.64. The van der Waals surface area contributed by atoms with Crippen molar-refractivity contribution in [1.82, 2.24) is 9.80 Å². The summed E-state index contributed by atoms with van der Waals surface area (Å²) < 4.78 is 11.5. The normalized spacial score (nSPS) is 23.0. The molecule has 4 rings (SSSR count). The average molecular weight is 415 g/mol. The first-order valence-corrected chi connectivity index (χ1v) is 10.7. The van der Waals surface area contributed by atoms with Crippen LogP contribution < -0.4 is 4.74 Å². The summed E-state index contributed by atoms with van der Waals surface area (Å²) in [5.74, 6) is 0.586. The van der Waals surface area contributed by atoms with Gasteiger partial charge in [-0.05, 0) is 31.0 Å². The maximum absolute atomic E-state index is 13.0. The lowest BCUT2D eigenvalue weighted by Gasteiger charge is -2.44. The predicted molar refractivity (Wildman–Crippen MR) is 111 cm³/mol. The fraction of sp³-hybridized carbons (Fsp3) is 0.609. The van der Waals surface area contributed by atoms with E-state index in [-0.39, 0.29) is 29.9 Å². The van der Waals surface area contributed by atoms with Crippen molar-refractivity contribution in [1.29, 1.82) is 0 Å². The average Bonchev–Trinajstić information content (AvgIpc) is 3.08. The maximum atomic E-state index is 13.0. The molecule has 3 aliphatic rings. The highest BCUT2D eigenvalue weighted by Gasteiger charge is 2.45. The lowest BCUT2D eigenvalue weighted by Crippen LogP contribution is -2.53. The minimum Gasteiger partial charge on any atom is -0.486 e. The molecule has 1 unspecified atom stereocenters. The molecule has 1 atom stereocenters. The summed E-state index contributed by atoms with van der Waals surface area (Å²) in [6, 6.07) is 3.94. The Bertz CT molecular complexity index is 873. The predicted octanol–water partition coefficient (Wildman–Crippen LogP) is 2.12. The van der Waals surface area contributed by atoms with Crippen molar-refractivity contribution in [3.05, 3.63) is 28.8 Å². The minimum atomic E-state index is -0.531. The van der Waals surface area contributed by atoms with Gasteiger partial charge in [0.1, 0.15) is 11.4 Å². The molecule has 1 aromatic rings. The number of piperidine rings is 1. The van der Waals surface area contributed by atoms with Crippen molar-refractivity contribution >= 4 is 17.6 Å². The second kappa shape index (κ2) is 8.02. The Balaban J connectivity index is 1.40. The van der Waals surface area contributed by atoms with Crippen LogP contribution in [0.3, 0.4) is 0 Å². The van der Waals surface area contributed by atoms with Gasteiger partial charge in [0.15, 0.2) is 5.78 Å². The quantitative estimate of drug-likeness (QED) is 0.754. The van der Waals surface area contributed by atoms with Gasteiger partial charge < -0.3 is 19.3 Å². The molecular weight excluding hydrogens is 384 g/mol. The number of carbonyl (C=O) groups is 3. The molecule has 7 nitrogen and oxygen atoms in total. The Hall–Kier alpha value is -2.41. The Labute approximate surface area is 177 Å². The lowest BCUT2D eigenvalue weighted by atomic mass is 9.81. The minimum absolute atomic E-state index is 0.0162. The number of ether oxygens (including phenoxy) is 2. The molecule has 0 aliphatic carbocycles. The van der Waals surface area contributed by atoms with Crippen molar-refractivity contribution in [2.75, 3.05) is 39.9 Å². The van der Waals surface area contributed by atoms with Gasteiger partial charge in [0.2, 0.25) is 11.8 Å². The van der Waals surface area contributed by atoms with Crippen molar-refractivity contribution in [3.8, 4) is 5.75 Å². The highest BCUT2D eigenvalue weighted by Crippen LogP contribution is 2.41. The standard InChI is InChI=1S/C23H30N2O5/c1-15-10-16(2)21-18(11-15)19(26)13-23(30-21)4-6-24(7-5-23)22(28)17-12-20(27)25(14-17)8-9-29-3/h10-11,17H,4-9,12-14H2,1-3H3. The van der Waals surface area contributed by atoms with Crippen molar-refractivity contribution in [2.24, 2.45) is 5.92 Å². The lowest BCUT2D eigenvalue weighted by molar-refractivity contribution is -0.139. The van der Waals surface area contributed by atoms with Crippen LogP contribution in [0.2, 0.25) is 0 Å². The molecule has 0 radical (unpaired) electrons. The number of hydrogen-bond acceptors (Lipinski definition) is 5. The first kappa shape index (κ1) is 20.8. The van der Waals surface area contributed by atoms with Crippen LogP contribution >= 0.6 is 0 Å². The summed E-state index contributed by atoms with van der Waals surface area (Å²) in [5.41, 5.74) is 2.19. The summed E-state index contributed by atoms with van der Waals surface area (Å²) in [6.45, 7) is 6.53. The van der Waals surface area contributed by atoms with Gasteiger partial charge >= 0.3 is 0 Å². The number of carbonyl (C=O) groups excluding carboxylic acids is 3. The summed E-state index contributed by atoms with van der Waals surface area (Å²) in [6.07, 6.45) is 1.89. The third kappa shape index (κ3) is 3.83. The van der Waals surface area contributed by atoms with E-state index >= 15 is 0 Å². The van der Waals surface area contributed by atoms with Gasteiger partial charge in [-0.2, -0.15) is 0 Å². The number of nitrogens with zero attached hydrogens (tertiary/aromatic N) is 2. The number of hydrogen-bond donors (Lipinski definition) is 0. The fourth-order valence-corrected chi connectivity index (χ4v) is 4.96. The second-order valence-electron chi connectivity index (χ2n) is 8.90. The number of methoxy groups -OCH3 is 1. The van der Waals surface area contributed by atoms with Gasteiger partial charge in [0.25, 0.3) is 0 Å². The topological polar surface area (TPSA) is 76.2 Å². The Morgan fingerprint density at radius 2 is 1.97 bits per heavy atom. The van der Waals surface area contributed by atoms with Crippen LogP contribution in [0, 0.1) is 19.8 Å². The van der Waals surface area contributed by atoms with E-state index < -0.39 is 5.60 Å². The molecule has 30 heavy (non-hydrogen) atoms. The van der Waals surface area contributed by atoms with E-state index in [0.29, 0.717) is 63.4 Å². The Morgan fingerprint density at radius 3 is 2.67 bits per heavy atom. The molecule has 2 amide bonds. The summed E-state index contributed by atoms with van der Waals surface area (Å²) in [7, 11) is 1.60. The zero-order chi connectivity index (χ0) is 21.5. The van der Waals surface area contributed by atoms with Crippen molar-refractivity contribution in [3.63, 3.8) is 0 Å². The van der Waals surface area contributed by atoms with E-state index in [1.54, 1.807) is 12.0 Å². The van der Waals surface area contributed by atoms with E-state index in [4.69, 9.17) is 9.47 Å². The number of aryl methyl sites for hydroxylation is 2. The second-order valence-corrected chi connectivity index (χ2v) is 8.90.